The summed E-state index contributed by atoms with van der Waals surface area (Å²) in [5, 5.41) is 10.5. The van der Waals surface area contributed by atoms with Gasteiger partial charge in [-0.3, -0.25) is 9.52 Å². The van der Waals surface area contributed by atoms with Gasteiger partial charge in [0.2, 0.25) is 0 Å². The number of nitrogens with one attached hydrogen (secondary N) is 1. The van der Waals surface area contributed by atoms with E-state index in [1.54, 1.807) is 23.7 Å². The van der Waals surface area contributed by atoms with Gasteiger partial charge in [0.1, 0.15) is 5.69 Å². The average Bonchev–Trinajstić information content (AvgIpc) is 3.44. The molecule has 0 aliphatic carbocycles. The summed E-state index contributed by atoms with van der Waals surface area (Å²) in [6, 6.07) is 13.2. The van der Waals surface area contributed by atoms with E-state index in [1.807, 2.05) is 17.0 Å². The number of ether oxygens (including phenoxy) is 1. The number of allylic oxidation sites excluding steroid dienone is 1. The number of fused-ring (bicyclic) bond motifs is 1. The summed E-state index contributed by atoms with van der Waals surface area (Å²) < 4.78 is 34.6. The van der Waals surface area contributed by atoms with E-state index in [2.05, 4.69) is 25.0 Å². The van der Waals surface area contributed by atoms with Gasteiger partial charge in [0, 0.05) is 30.9 Å². The molecule has 194 valence electrons. The Kier molecular flexibility index (Phi) is 7.64. The van der Waals surface area contributed by atoms with Crippen molar-refractivity contribution in [1.82, 2.24) is 19.5 Å². The maximum Gasteiger partial charge on any atom is 0.263 e. The summed E-state index contributed by atoms with van der Waals surface area (Å²) in [5.74, 6) is 0. The van der Waals surface area contributed by atoms with Crippen LogP contribution in [-0.2, 0) is 19.6 Å². The smallest absolute Gasteiger partial charge is 0.263 e. The monoisotopic (exact) mass is 567 g/mol. The van der Waals surface area contributed by atoms with E-state index >= 15 is 0 Å². The Bertz CT molecular complexity index is 1680. The fourth-order valence-corrected chi connectivity index (χ4v) is 5.77. The largest absolute Gasteiger partial charge is 0.378 e. The third kappa shape index (κ3) is 5.67. The molecule has 4 aromatic rings. The van der Waals surface area contributed by atoms with Crippen LogP contribution in [0, 0.1) is 4.64 Å². The molecule has 0 atom stereocenters. The molecule has 1 N–H and O–H groups in total. The van der Waals surface area contributed by atoms with E-state index in [4.69, 9.17) is 17.0 Å². The number of benzene rings is 2. The van der Waals surface area contributed by atoms with Gasteiger partial charge in [0.15, 0.2) is 16.1 Å². The highest BCUT2D eigenvalue weighted by atomic mass is 32.2. The minimum absolute atomic E-state index is 0.0591. The number of sulfonamides is 1. The predicted octanol–water partition coefficient (Wildman–Crippen LogP) is 4.44. The first-order valence-corrected chi connectivity index (χ1v) is 14.2. The van der Waals surface area contributed by atoms with Gasteiger partial charge in [-0.1, -0.05) is 29.6 Å². The van der Waals surface area contributed by atoms with Gasteiger partial charge >= 0.3 is 0 Å². The number of anilines is 1. The van der Waals surface area contributed by atoms with E-state index < -0.39 is 10.0 Å². The molecule has 1 aliphatic rings. The number of hydrogen-bond donors (Lipinski definition) is 1. The predicted molar refractivity (Wildman–Crippen MR) is 146 cm³/mol. The molecular weight excluding hydrogens is 547 g/mol. The van der Waals surface area contributed by atoms with Gasteiger partial charge in [-0.05, 0) is 36.4 Å². The lowest BCUT2D eigenvalue weighted by atomic mass is 10.2. The standard InChI is InChI=1S/C24H21N7O4S3/c32-16-17(15-30-10-12-35-13-11-30)22-23(36)31(21-4-2-1-3-20(21)26-22)29-27-18-5-7-19(8-6-18)38(33,34)28-24-25-9-14-37-24/h1-9,14-16H,10-13H2,(H,25,28)/b17-15-,29-27?. The fourth-order valence-electron chi connectivity index (χ4n) is 3.68. The molecule has 0 unspecified atom stereocenters. The Balaban J connectivity index is 1.48. The van der Waals surface area contributed by atoms with Crippen LogP contribution in [-0.4, -0.2) is 60.6 Å². The Morgan fingerprint density at radius 2 is 1.89 bits per heavy atom. The molecular formula is C24H21N7O4S3. The molecule has 2 aromatic carbocycles. The van der Waals surface area contributed by atoms with Crippen LogP contribution in [0.1, 0.15) is 5.69 Å². The number of thiazole rings is 1. The van der Waals surface area contributed by atoms with Crippen molar-refractivity contribution >= 4 is 67.3 Å². The summed E-state index contributed by atoms with van der Waals surface area (Å²) in [5.41, 5.74) is 2.23. The second-order valence-corrected chi connectivity index (χ2v) is 11.0. The first-order valence-electron chi connectivity index (χ1n) is 11.4. The van der Waals surface area contributed by atoms with Crippen LogP contribution in [0.25, 0.3) is 16.6 Å². The number of aldehydes is 1. The quantitative estimate of drug-likeness (QED) is 0.143. The van der Waals surface area contributed by atoms with Crippen molar-refractivity contribution < 1.29 is 17.9 Å². The highest BCUT2D eigenvalue weighted by Gasteiger charge is 2.16. The van der Waals surface area contributed by atoms with Crippen LogP contribution in [0.3, 0.4) is 0 Å². The van der Waals surface area contributed by atoms with Gasteiger partial charge in [-0.15, -0.1) is 16.5 Å². The summed E-state index contributed by atoms with van der Waals surface area (Å²) in [6.45, 7) is 2.46. The molecule has 1 aliphatic heterocycles. The Hall–Kier alpha value is -3.85. The van der Waals surface area contributed by atoms with Gasteiger partial charge < -0.3 is 9.64 Å². The van der Waals surface area contributed by atoms with E-state index in [-0.39, 0.29) is 14.7 Å². The number of hydrogen-bond acceptors (Lipinski definition) is 11. The molecule has 0 radical (unpaired) electrons. The molecule has 2 aromatic heterocycles. The highest BCUT2D eigenvalue weighted by molar-refractivity contribution is 7.93. The summed E-state index contributed by atoms with van der Waals surface area (Å²) >= 11 is 6.86. The molecule has 0 amide bonds. The van der Waals surface area contributed by atoms with Crippen molar-refractivity contribution in [3.63, 3.8) is 0 Å². The molecule has 5 rings (SSSR count). The number of aromatic nitrogens is 3. The second-order valence-electron chi connectivity index (χ2n) is 8.04. The van der Waals surface area contributed by atoms with E-state index in [0.29, 0.717) is 54.3 Å². The summed E-state index contributed by atoms with van der Waals surface area (Å²) in [7, 11) is -3.79. The first kappa shape index (κ1) is 25.8. The number of rotatable bonds is 8. The van der Waals surface area contributed by atoms with E-state index in [9.17, 15) is 13.2 Å². The van der Waals surface area contributed by atoms with Crippen LogP contribution >= 0.6 is 23.6 Å². The summed E-state index contributed by atoms with van der Waals surface area (Å²) in [6.07, 6.45) is 3.98. The zero-order valence-corrected chi connectivity index (χ0v) is 22.2. The lowest BCUT2D eigenvalue weighted by Gasteiger charge is -2.25. The Morgan fingerprint density at radius 1 is 1.13 bits per heavy atom. The van der Waals surface area contributed by atoms with Crippen LogP contribution in [0.15, 0.2) is 81.5 Å². The third-order valence-corrected chi connectivity index (χ3v) is 8.09. The highest BCUT2D eigenvalue weighted by Crippen LogP contribution is 2.23. The number of nitrogens with zero attached hydrogens (tertiary/aromatic N) is 6. The van der Waals surface area contributed by atoms with Gasteiger partial charge in [0.05, 0.1) is 40.4 Å². The number of para-hydroxylation sites is 2. The van der Waals surface area contributed by atoms with Crippen LogP contribution in [0.2, 0.25) is 0 Å². The van der Waals surface area contributed by atoms with Crippen LogP contribution in [0.4, 0.5) is 10.8 Å². The van der Waals surface area contributed by atoms with Gasteiger partial charge in [0.25, 0.3) is 10.0 Å². The van der Waals surface area contributed by atoms with Crippen molar-refractivity contribution in [2.24, 2.45) is 10.3 Å². The zero-order chi connectivity index (χ0) is 26.5. The zero-order valence-electron chi connectivity index (χ0n) is 19.8. The van der Waals surface area contributed by atoms with Crippen molar-refractivity contribution in [3.8, 4) is 0 Å². The third-order valence-electron chi connectivity index (χ3n) is 5.56. The minimum atomic E-state index is -3.79. The van der Waals surface area contributed by atoms with E-state index in [0.717, 1.165) is 6.29 Å². The van der Waals surface area contributed by atoms with Crippen molar-refractivity contribution in [2.45, 2.75) is 4.90 Å². The fraction of sp³-hybridized carbons (Fsp3) is 0.167. The lowest BCUT2D eigenvalue weighted by molar-refractivity contribution is -0.103. The average molecular weight is 568 g/mol. The van der Waals surface area contributed by atoms with Crippen LogP contribution in [0.5, 0.6) is 0 Å². The molecule has 3 heterocycles. The first-order chi connectivity index (χ1) is 18.4. The lowest BCUT2D eigenvalue weighted by Crippen LogP contribution is -2.32. The van der Waals surface area contributed by atoms with Crippen LogP contribution < -0.4 is 4.72 Å². The number of carbonyl (C=O) groups excluding carboxylic acids is 1. The molecule has 11 nitrogen and oxygen atoms in total. The Morgan fingerprint density at radius 3 is 2.61 bits per heavy atom. The van der Waals surface area contributed by atoms with Gasteiger partial charge in [-0.25, -0.2) is 18.4 Å². The normalized spacial score (nSPS) is 14.7. The maximum absolute atomic E-state index is 12.6. The van der Waals surface area contributed by atoms with E-state index in [1.165, 1.54) is 46.5 Å². The summed E-state index contributed by atoms with van der Waals surface area (Å²) in [4.78, 5) is 22.7. The molecule has 0 saturated carbocycles. The number of morpholine rings is 1. The molecule has 14 heteroatoms. The van der Waals surface area contributed by atoms with Crippen molar-refractivity contribution in [3.05, 3.63) is 76.6 Å². The molecule has 0 spiro atoms. The topological polar surface area (TPSA) is 131 Å². The molecule has 38 heavy (non-hydrogen) atoms. The van der Waals surface area contributed by atoms with Crippen molar-refractivity contribution in [1.29, 1.82) is 0 Å². The SMILES string of the molecule is O=C/C(=C/N1CCOCC1)c1nc2ccccc2n(N=Nc2ccc(S(=O)(=O)Nc3nccs3)cc2)c1=S. The minimum Gasteiger partial charge on any atom is -0.378 e. The molecule has 1 fully saturated rings. The van der Waals surface area contributed by atoms with Gasteiger partial charge in [-0.2, -0.15) is 4.68 Å². The van der Waals surface area contributed by atoms with Crippen molar-refractivity contribution in [2.75, 3.05) is 31.0 Å². The Labute approximate surface area is 227 Å². The molecule has 1 saturated heterocycles. The number of carbonyl (C=O) groups is 1. The second kappa shape index (κ2) is 11.3. The molecule has 0 bridgehead atoms. The maximum atomic E-state index is 12.6.